The quantitative estimate of drug-likeness (QED) is 0.541. The fourth-order valence-electron chi connectivity index (χ4n) is 4.15. The van der Waals surface area contributed by atoms with Crippen molar-refractivity contribution in [3.05, 3.63) is 69.7 Å². The van der Waals surface area contributed by atoms with E-state index in [0.717, 1.165) is 36.8 Å². The molecule has 3 rings (SSSR count). The van der Waals surface area contributed by atoms with Crippen LogP contribution in [0.2, 0.25) is 10.0 Å². The van der Waals surface area contributed by atoms with Crippen LogP contribution in [0.4, 0.5) is 0 Å². The maximum absolute atomic E-state index is 13.4. The number of amides is 2. The number of nitrogens with zero attached hydrogens (tertiary/aromatic N) is 1. The van der Waals surface area contributed by atoms with Crippen molar-refractivity contribution in [2.75, 3.05) is 0 Å². The summed E-state index contributed by atoms with van der Waals surface area (Å²) < 4.78 is 0. The first kappa shape index (κ1) is 23.6. The minimum Gasteiger partial charge on any atom is -0.352 e. The molecular formula is C25H30Cl2N2O2. The van der Waals surface area contributed by atoms with Crippen molar-refractivity contribution < 1.29 is 9.59 Å². The number of hydrogen-bond acceptors (Lipinski definition) is 2. The Bertz CT molecular complexity index is 879. The average Bonchev–Trinajstić information content (AvgIpc) is 2.77. The molecule has 31 heavy (non-hydrogen) atoms. The van der Waals surface area contributed by atoms with Crippen LogP contribution in [0, 0.1) is 0 Å². The molecule has 0 spiro atoms. The zero-order valence-electron chi connectivity index (χ0n) is 17.9. The molecule has 1 aliphatic rings. The Morgan fingerprint density at radius 2 is 1.71 bits per heavy atom. The third kappa shape index (κ3) is 6.72. The van der Waals surface area contributed by atoms with E-state index in [1.165, 1.54) is 6.42 Å². The summed E-state index contributed by atoms with van der Waals surface area (Å²) in [5.41, 5.74) is 1.69. The molecule has 0 bridgehead atoms. The van der Waals surface area contributed by atoms with Gasteiger partial charge in [0, 0.05) is 22.6 Å². The van der Waals surface area contributed by atoms with Gasteiger partial charge in [0.15, 0.2) is 0 Å². The maximum Gasteiger partial charge on any atom is 0.243 e. The fraction of sp³-hybridized carbons (Fsp3) is 0.440. The molecule has 1 fully saturated rings. The molecule has 1 saturated carbocycles. The molecule has 2 amide bonds. The zero-order valence-corrected chi connectivity index (χ0v) is 19.5. The summed E-state index contributed by atoms with van der Waals surface area (Å²) in [6.07, 6.45) is 6.25. The van der Waals surface area contributed by atoms with E-state index in [9.17, 15) is 9.59 Å². The topological polar surface area (TPSA) is 49.4 Å². The van der Waals surface area contributed by atoms with Crippen LogP contribution in [0.3, 0.4) is 0 Å². The maximum atomic E-state index is 13.4. The van der Waals surface area contributed by atoms with Gasteiger partial charge in [0.2, 0.25) is 11.8 Å². The lowest BCUT2D eigenvalue weighted by molar-refractivity contribution is -0.141. The van der Waals surface area contributed by atoms with Crippen molar-refractivity contribution >= 4 is 35.0 Å². The van der Waals surface area contributed by atoms with Gasteiger partial charge in [0.25, 0.3) is 0 Å². The molecule has 0 heterocycles. The van der Waals surface area contributed by atoms with E-state index in [1.54, 1.807) is 17.0 Å². The Morgan fingerprint density at radius 1 is 1.03 bits per heavy atom. The molecule has 166 valence electrons. The Morgan fingerprint density at radius 3 is 2.35 bits per heavy atom. The lowest BCUT2D eigenvalue weighted by Crippen LogP contribution is -2.52. The number of benzene rings is 2. The number of halogens is 2. The number of rotatable bonds is 8. The van der Waals surface area contributed by atoms with Crippen LogP contribution in [-0.4, -0.2) is 28.8 Å². The van der Waals surface area contributed by atoms with Crippen molar-refractivity contribution in [3.63, 3.8) is 0 Å². The lowest BCUT2D eigenvalue weighted by atomic mass is 9.95. The number of carbonyl (C=O) groups is 2. The first-order valence-electron chi connectivity index (χ1n) is 11.1. The van der Waals surface area contributed by atoms with Crippen molar-refractivity contribution in [2.24, 2.45) is 0 Å². The molecule has 2 aromatic rings. The van der Waals surface area contributed by atoms with E-state index < -0.39 is 6.04 Å². The number of carbonyl (C=O) groups excluding carboxylic acids is 2. The van der Waals surface area contributed by atoms with Crippen molar-refractivity contribution in [1.29, 1.82) is 0 Å². The summed E-state index contributed by atoms with van der Waals surface area (Å²) in [6.45, 7) is 2.24. The minimum atomic E-state index is -0.544. The van der Waals surface area contributed by atoms with E-state index in [2.05, 4.69) is 5.32 Å². The highest BCUT2D eigenvalue weighted by Gasteiger charge is 2.30. The van der Waals surface area contributed by atoms with Gasteiger partial charge in [-0.3, -0.25) is 9.59 Å². The summed E-state index contributed by atoms with van der Waals surface area (Å²) in [4.78, 5) is 28.3. The van der Waals surface area contributed by atoms with Gasteiger partial charge in [0.05, 0.1) is 6.42 Å². The molecule has 0 aromatic heterocycles. The third-order valence-electron chi connectivity index (χ3n) is 5.90. The summed E-state index contributed by atoms with van der Waals surface area (Å²) >= 11 is 12.4. The van der Waals surface area contributed by atoms with Gasteiger partial charge in [-0.2, -0.15) is 0 Å². The molecule has 1 aliphatic carbocycles. The van der Waals surface area contributed by atoms with E-state index in [4.69, 9.17) is 23.2 Å². The third-order valence-corrected chi connectivity index (χ3v) is 6.53. The Kier molecular flexibility index (Phi) is 8.79. The SMILES string of the molecule is CC[C@H](C(=O)NC1CCCCC1)N(Cc1ccccc1Cl)C(=O)Cc1ccc(Cl)cc1. The summed E-state index contributed by atoms with van der Waals surface area (Å²) in [5, 5.41) is 4.41. The van der Waals surface area contributed by atoms with Crippen LogP contribution in [-0.2, 0) is 22.6 Å². The largest absolute Gasteiger partial charge is 0.352 e. The van der Waals surface area contributed by atoms with Crippen LogP contribution < -0.4 is 5.32 Å². The normalized spacial score (nSPS) is 15.3. The fourth-order valence-corrected chi connectivity index (χ4v) is 4.47. The van der Waals surface area contributed by atoms with Gasteiger partial charge in [-0.05, 0) is 48.6 Å². The highest BCUT2D eigenvalue weighted by Crippen LogP contribution is 2.22. The predicted octanol–water partition coefficient (Wildman–Crippen LogP) is 5.79. The highest BCUT2D eigenvalue weighted by atomic mass is 35.5. The van der Waals surface area contributed by atoms with Crippen LogP contribution in [0.15, 0.2) is 48.5 Å². The lowest BCUT2D eigenvalue weighted by Gasteiger charge is -2.33. The van der Waals surface area contributed by atoms with Gasteiger partial charge < -0.3 is 10.2 Å². The Labute approximate surface area is 194 Å². The molecule has 0 unspecified atom stereocenters. The molecular weight excluding hydrogens is 431 g/mol. The highest BCUT2D eigenvalue weighted by molar-refractivity contribution is 6.31. The smallest absolute Gasteiger partial charge is 0.243 e. The van der Waals surface area contributed by atoms with Crippen LogP contribution in [0.1, 0.15) is 56.6 Å². The van der Waals surface area contributed by atoms with Crippen molar-refractivity contribution in [2.45, 2.75) is 70.5 Å². The second kappa shape index (κ2) is 11.5. The molecule has 0 radical (unpaired) electrons. The van der Waals surface area contributed by atoms with Gasteiger partial charge >= 0.3 is 0 Å². The Hall–Kier alpha value is -2.04. The zero-order chi connectivity index (χ0) is 22.2. The summed E-state index contributed by atoms with van der Waals surface area (Å²) in [5.74, 6) is -0.182. The summed E-state index contributed by atoms with van der Waals surface area (Å²) in [6, 6.07) is 14.4. The standard InChI is InChI=1S/C25H30Cl2N2O2/c1-2-23(25(31)28-21-9-4-3-5-10-21)29(17-19-8-6-7-11-22(19)27)24(30)16-18-12-14-20(26)15-13-18/h6-8,11-15,21,23H,2-5,9-10,16-17H2,1H3,(H,28,31)/t23-/m1/s1. The molecule has 0 aliphatic heterocycles. The molecule has 1 N–H and O–H groups in total. The molecule has 4 nitrogen and oxygen atoms in total. The predicted molar refractivity (Wildman–Crippen MR) is 126 cm³/mol. The van der Waals surface area contributed by atoms with Crippen molar-refractivity contribution in [3.8, 4) is 0 Å². The molecule has 1 atom stereocenters. The summed E-state index contributed by atoms with van der Waals surface area (Å²) in [7, 11) is 0. The van der Waals surface area contributed by atoms with E-state index in [1.807, 2.05) is 43.3 Å². The van der Waals surface area contributed by atoms with Crippen LogP contribution >= 0.6 is 23.2 Å². The van der Waals surface area contributed by atoms with Gasteiger partial charge in [0.1, 0.15) is 6.04 Å². The molecule has 0 saturated heterocycles. The van der Waals surface area contributed by atoms with Gasteiger partial charge in [-0.25, -0.2) is 0 Å². The van der Waals surface area contributed by atoms with Gasteiger partial charge in [-0.15, -0.1) is 0 Å². The minimum absolute atomic E-state index is 0.0779. The van der Waals surface area contributed by atoms with E-state index >= 15 is 0 Å². The number of hydrogen-bond donors (Lipinski definition) is 1. The van der Waals surface area contributed by atoms with Crippen LogP contribution in [0.25, 0.3) is 0 Å². The first-order chi connectivity index (χ1) is 15.0. The second-order valence-corrected chi connectivity index (χ2v) is 9.03. The van der Waals surface area contributed by atoms with Crippen molar-refractivity contribution in [1.82, 2.24) is 10.2 Å². The first-order valence-corrected chi connectivity index (χ1v) is 11.8. The van der Waals surface area contributed by atoms with E-state index in [0.29, 0.717) is 23.0 Å². The van der Waals surface area contributed by atoms with Crippen LogP contribution in [0.5, 0.6) is 0 Å². The second-order valence-electron chi connectivity index (χ2n) is 8.18. The van der Waals surface area contributed by atoms with Gasteiger partial charge in [-0.1, -0.05) is 79.7 Å². The number of nitrogens with one attached hydrogen (secondary N) is 1. The average molecular weight is 461 g/mol. The van der Waals surface area contributed by atoms with E-state index in [-0.39, 0.29) is 24.3 Å². The monoisotopic (exact) mass is 460 g/mol. The molecule has 2 aromatic carbocycles. The molecule has 6 heteroatoms. The Balaban J connectivity index is 1.81.